The second-order valence-electron chi connectivity index (χ2n) is 3.56. The van der Waals surface area contributed by atoms with E-state index < -0.39 is 0 Å². The van der Waals surface area contributed by atoms with Crippen molar-refractivity contribution in [3.8, 4) is 11.4 Å². The fraction of sp³-hybridized carbons (Fsp3) is 0. The number of rotatable bonds is 2. The molecule has 1 N–H and O–H groups in total. The van der Waals surface area contributed by atoms with E-state index >= 15 is 0 Å². The second kappa shape index (κ2) is 4.15. The molecule has 86 valence electrons. The molecule has 0 aliphatic rings. The van der Waals surface area contributed by atoms with Crippen molar-refractivity contribution in [2.75, 3.05) is 0 Å². The molecule has 18 heavy (non-hydrogen) atoms. The van der Waals surface area contributed by atoms with Crippen LogP contribution in [0.1, 0.15) is 0 Å². The average molecular weight is 237 g/mol. The van der Waals surface area contributed by atoms with Crippen molar-refractivity contribution >= 4 is 16.9 Å². The van der Waals surface area contributed by atoms with Crippen molar-refractivity contribution in [3.05, 3.63) is 47.0 Å². The maximum atomic E-state index is 8.40. The monoisotopic (exact) mass is 237 g/mol. The average Bonchev–Trinajstić information content (AvgIpc) is 2.83. The fourth-order valence-corrected chi connectivity index (χ4v) is 1.64. The first-order valence-electron chi connectivity index (χ1n) is 5.20. The van der Waals surface area contributed by atoms with Crippen LogP contribution in [0.2, 0.25) is 0 Å². The van der Waals surface area contributed by atoms with Gasteiger partial charge in [-0.05, 0) is 10.6 Å². The fourth-order valence-electron chi connectivity index (χ4n) is 1.64. The van der Waals surface area contributed by atoms with Crippen LogP contribution in [0.25, 0.3) is 32.9 Å². The van der Waals surface area contributed by atoms with Crippen molar-refractivity contribution in [1.29, 1.82) is 0 Å². The Labute approximate surface area is 101 Å². The first-order chi connectivity index (χ1) is 8.88. The van der Waals surface area contributed by atoms with Crippen LogP contribution in [0.4, 0.5) is 5.82 Å². The minimum Gasteiger partial charge on any atom is -0.273 e. The van der Waals surface area contributed by atoms with Crippen LogP contribution in [0.3, 0.4) is 0 Å². The van der Waals surface area contributed by atoms with Gasteiger partial charge in [-0.1, -0.05) is 30.3 Å². The Bertz CT molecular complexity index is 740. The molecule has 0 spiro atoms. The van der Waals surface area contributed by atoms with Crippen molar-refractivity contribution in [3.63, 3.8) is 0 Å². The van der Waals surface area contributed by atoms with Gasteiger partial charge in [0.25, 0.3) is 0 Å². The molecule has 0 radical (unpaired) electrons. The topological polar surface area (TPSA) is 103 Å². The maximum Gasteiger partial charge on any atom is 0.185 e. The highest BCUT2D eigenvalue weighted by Crippen LogP contribution is 2.23. The number of H-pyrrole nitrogens is 1. The molecule has 3 aromatic rings. The van der Waals surface area contributed by atoms with Gasteiger partial charge in [0.15, 0.2) is 11.5 Å². The zero-order valence-corrected chi connectivity index (χ0v) is 9.15. The van der Waals surface area contributed by atoms with Gasteiger partial charge in [0.1, 0.15) is 5.82 Å². The highest BCUT2D eigenvalue weighted by molar-refractivity contribution is 5.85. The lowest BCUT2D eigenvalue weighted by Gasteiger charge is -1.98. The summed E-state index contributed by atoms with van der Waals surface area (Å²) in [6.45, 7) is 0. The number of hydrogen-bond acceptors (Lipinski definition) is 4. The first-order valence-corrected chi connectivity index (χ1v) is 5.20. The van der Waals surface area contributed by atoms with E-state index in [1.165, 1.54) is 0 Å². The first kappa shape index (κ1) is 10.2. The van der Waals surface area contributed by atoms with E-state index in [4.69, 9.17) is 5.53 Å². The summed E-state index contributed by atoms with van der Waals surface area (Å²) in [5, 5.41) is 10.7. The number of fused-ring (bicyclic) bond motifs is 1. The molecule has 0 fully saturated rings. The minimum absolute atomic E-state index is 0.326. The normalized spacial score (nSPS) is 10.2. The summed E-state index contributed by atoms with van der Waals surface area (Å²) in [5.74, 6) is 0.911. The molecule has 0 atom stereocenters. The van der Waals surface area contributed by atoms with Gasteiger partial charge < -0.3 is 0 Å². The Kier molecular flexibility index (Phi) is 2.37. The van der Waals surface area contributed by atoms with Crippen LogP contribution in [-0.4, -0.2) is 20.2 Å². The minimum atomic E-state index is 0.326. The largest absolute Gasteiger partial charge is 0.273 e. The van der Waals surface area contributed by atoms with Gasteiger partial charge in [0.2, 0.25) is 0 Å². The molecule has 0 unspecified atom stereocenters. The van der Waals surface area contributed by atoms with Crippen LogP contribution >= 0.6 is 0 Å². The summed E-state index contributed by atoms with van der Waals surface area (Å²) < 4.78 is 0. The molecule has 7 heteroatoms. The maximum absolute atomic E-state index is 8.40. The Morgan fingerprint density at radius 1 is 1.22 bits per heavy atom. The van der Waals surface area contributed by atoms with Gasteiger partial charge in [0.05, 0.1) is 5.39 Å². The number of aromatic nitrogens is 4. The van der Waals surface area contributed by atoms with E-state index in [2.05, 4.69) is 30.2 Å². The van der Waals surface area contributed by atoms with Crippen molar-refractivity contribution in [1.82, 2.24) is 20.2 Å². The molecule has 7 nitrogen and oxygen atoms in total. The Morgan fingerprint density at radius 3 is 2.83 bits per heavy atom. The lowest BCUT2D eigenvalue weighted by Crippen LogP contribution is -1.88. The second-order valence-corrected chi connectivity index (χ2v) is 3.56. The van der Waals surface area contributed by atoms with Crippen LogP contribution < -0.4 is 0 Å². The smallest absolute Gasteiger partial charge is 0.185 e. The van der Waals surface area contributed by atoms with E-state index in [1.807, 2.05) is 30.3 Å². The third-order valence-electron chi connectivity index (χ3n) is 2.47. The van der Waals surface area contributed by atoms with Crippen molar-refractivity contribution in [2.24, 2.45) is 5.11 Å². The van der Waals surface area contributed by atoms with Crippen LogP contribution in [-0.2, 0) is 0 Å². The van der Waals surface area contributed by atoms with Gasteiger partial charge >= 0.3 is 0 Å². The standard InChI is InChI=1S/C11H7N7/c12-18-17-11-8-6-13-9(14-10(8)15-16-11)7-4-2-1-3-5-7/h1-6H,(H,13,14,15,16). The molecule has 2 aromatic heterocycles. The molecular formula is C11H7N7. The van der Waals surface area contributed by atoms with Crippen molar-refractivity contribution in [2.45, 2.75) is 0 Å². The van der Waals surface area contributed by atoms with E-state index in [9.17, 15) is 0 Å². The van der Waals surface area contributed by atoms with Crippen LogP contribution in [0, 0.1) is 0 Å². The number of benzene rings is 1. The lowest BCUT2D eigenvalue weighted by molar-refractivity contribution is 1.08. The van der Waals surface area contributed by atoms with Gasteiger partial charge in [-0.3, -0.25) is 5.10 Å². The molecule has 0 amide bonds. The van der Waals surface area contributed by atoms with E-state index in [0.29, 0.717) is 22.7 Å². The number of nitrogens with zero attached hydrogens (tertiary/aromatic N) is 6. The van der Waals surface area contributed by atoms with Crippen LogP contribution in [0.15, 0.2) is 41.6 Å². The summed E-state index contributed by atoms with van der Waals surface area (Å²) in [6.07, 6.45) is 1.60. The molecule has 0 aliphatic heterocycles. The highest BCUT2D eigenvalue weighted by atomic mass is 15.3. The van der Waals surface area contributed by atoms with E-state index in [1.54, 1.807) is 6.20 Å². The molecule has 2 heterocycles. The summed E-state index contributed by atoms with van der Waals surface area (Å²) in [7, 11) is 0. The number of aromatic amines is 1. The molecule has 1 aromatic carbocycles. The van der Waals surface area contributed by atoms with Gasteiger partial charge in [-0.15, -0.1) is 0 Å². The molecular weight excluding hydrogens is 230 g/mol. The lowest BCUT2D eigenvalue weighted by atomic mass is 10.2. The van der Waals surface area contributed by atoms with E-state index in [-0.39, 0.29) is 0 Å². The third kappa shape index (κ3) is 1.64. The summed E-state index contributed by atoms with van der Waals surface area (Å²) in [4.78, 5) is 11.3. The number of azide groups is 1. The zero-order chi connectivity index (χ0) is 12.4. The predicted molar refractivity (Wildman–Crippen MR) is 65.9 cm³/mol. The quantitative estimate of drug-likeness (QED) is 0.421. The van der Waals surface area contributed by atoms with Gasteiger partial charge in [0, 0.05) is 16.7 Å². The summed E-state index contributed by atoms with van der Waals surface area (Å²) in [5.41, 5.74) is 9.79. The summed E-state index contributed by atoms with van der Waals surface area (Å²) in [6, 6.07) is 9.60. The van der Waals surface area contributed by atoms with E-state index in [0.717, 1.165) is 5.56 Å². The van der Waals surface area contributed by atoms with Gasteiger partial charge in [-0.25, -0.2) is 9.97 Å². The number of nitrogens with one attached hydrogen (secondary N) is 1. The SMILES string of the molecule is [N-]=[N+]=Nc1[nH]nc2nc(-c3ccccc3)ncc12. The third-order valence-corrected chi connectivity index (χ3v) is 2.47. The molecule has 0 saturated carbocycles. The highest BCUT2D eigenvalue weighted by Gasteiger charge is 2.08. The van der Waals surface area contributed by atoms with Crippen LogP contribution in [0.5, 0.6) is 0 Å². The molecule has 3 rings (SSSR count). The molecule has 0 bridgehead atoms. The molecule has 0 saturated heterocycles. The summed E-state index contributed by atoms with van der Waals surface area (Å²) >= 11 is 0. The Balaban J connectivity index is 2.16. The predicted octanol–water partition coefficient (Wildman–Crippen LogP) is 2.96. The molecule has 0 aliphatic carbocycles. The Morgan fingerprint density at radius 2 is 2.06 bits per heavy atom. The Hall–Kier alpha value is -2.92. The van der Waals surface area contributed by atoms with Crippen molar-refractivity contribution < 1.29 is 0 Å². The number of hydrogen-bond donors (Lipinski definition) is 1. The van der Waals surface area contributed by atoms with Gasteiger partial charge in [-0.2, -0.15) is 5.10 Å². The zero-order valence-electron chi connectivity index (χ0n) is 9.15.